The molecule has 0 fully saturated rings. The summed E-state index contributed by atoms with van der Waals surface area (Å²) in [5.74, 6) is -0.634. The van der Waals surface area contributed by atoms with Crippen molar-refractivity contribution in [3.63, 3.8) is 0 Å². The molecule has 5 nitrogen and oxygen atoms in total. The molecule has 0 atom stereocenters. The van der Waals surface area contributed by atoms with Gasteiger partial charge in [0.2, 0.25) is 5.91 Å². The van der Waals surface area contributed by atoms with Crippen LogP contribution in [0.3, 0.4) is 0 Å². The molecule has 1 N–H and O–H groups in total. The molecule has 6 heteroatoms. The molecular weight excluding hydrogens is 417 g/mol. The SMILES string of the molecule is CC(=O)N1CCC=C(c2cc(-c3cc(C)c(C)cc3C)c3cc(C(=O)N(C)C)[nH]c3c2F)C1. The van der Waals surface area contributed by atoms with Gasteiger partial charge in [0.1, 0.15) is 5.69 Å². The lowest BCUT2D eigenvalue weighted by Crippen LogP contribution is -2.33. The fourth-order valence-electron chi connectivity index (χ4n) is 4.53. The fraction of sp³-hybridized carbons (Fsp3) is 0.333. The molecule has 2 aromatic carbocycles. The average Bonchev–Trinajstić information content (AvgIpc) is 3.22. The first-order valence-electron chi connectivity index (χ1n) is 11.2. The Kier molecular flexibility index (Phi) is 5.87. The molecule has 0 bridgehead atoms. The molecule has 1 aliphatic rings. The summed E-state index contributed by atoms with van der Waals surface area (Å²) in [7, 11) is 3.35. The van der Waals surface area contributed by atoms with Crippen molar-refractivity contribution in [2.24, 2.45) is 0 Å². The molecule has 0 saturated heterocycles. The molecule has 0 radical (unpaired) electrons. The number of halogens is 1. The van der Waals surface area contributed by atoms with Gasteiger partial charge in [-0.05, 0) is 72.7 Å². The largest absolute Gasteiger partial charge is 0.348 e. The zero-order chi connectivity index (χ0) is 24.0. The van der Waals surface area contributed by atoms with Gasteiger partial charge in [0, 0.05) is 45.1 Å². The Hall–Kier alpha value is -3.41. The summed E-state index contributed by atoms with van der Waals surface area (Å²) in [6.45, 7) is 8.73. The first-order valence-corrected chi connectivity index (χ1v) is 11.2. The highest BCUT2D eigenvalue weighted by Gasteiger charge is 2.24. The van der Waals surface area contributed by atoms with Gasteiger partial charge >= 0.3 is 0 Å². The minimum atomic E-state index is -0.398. The molecule has 172 valence electrons. The molecule has 2 amide bonds. The maximum atomic E-state index is 15.9. The van der Waals surface area contributed by atoms with E-state index in [0.717, 1.165) is 27.8 Å². The van der Waals surface area contributed by atoms with Gasteiger partial charge in [0.15, 0.2) is 5.82 Å². The van der Waals surface area contributed by atoms with Crippen LogP contribution < -0.4 is 0 Å². The molecule has 4 rings (SSSR count). The van der Waals surface area contributed by atoms with E-state index in [2.05, 4.69) is 31.0 Å². The predicted molar refractivity (Wildman–Crippen MR) is 131 cm³/mol. The van der Waals surface area contributed by atoms with Crippen molar-refractivity contribution < 1.29 is 14.0 Å². The first-order chi connectivity index (χ1) is 15.6. The molecule has 0 spiro atoms. The van der Waals surface area contributed by atoms with Crippen molar-refractivity contribution in [3.8, 4) is 11.1 Å². The molecule has 1 aliphatic heterocycles. The van der Waals surface area contributed by atoms with Gasteiger partial charge in [-0.2, -0.15) is 0 Å². The number of hydrogen-bond acceptors (Lipinski definition) is 2. The van der Waals surface area contributed by atoms with Crippen LogP contribution in [-0.4, -0.2) is 53.8 Å². The normalized spacial score (nSPS) is 13.9. The second-order valence-electron chi connectivity index (χ2n) is 9.17. The van der Waals surface area contributed by atoms with Crippen LogP contribution in [0.2, 0.25) is 0 Å². The Labute approximate surface area is 193 Å². The van der Waals surface area contributed by atoms with Crippen LogP contribution in [0.4, 0.5) is 4.39 Å². The van der Waals surface area contributed by atoms with Crippen LogP contribution in [-0.2, 0) is 4.79 Å². The Balaban J connectivity index is 2.00. The monoisotopic (exact) mass is 447 g/mol. The van der Waals surface area contributed by atoms with E-state index in [-0.39, 0.29) is 11.8 Å². The second kappa shape index (κ2) is 8.50. The summed E-state index contributed by atoms with van der Waals surface area (Å²) in [5, 5.41) is 0.674. The van der Waals surface area contributed by atoms with Crippen molar-refractivity contribution in [1.29, 1.82) is 0 Å². The van der Waals surface area contributed by atoms with E-state index >= 15 is 4.39 Å². The number of amides is 2. The highest BCUT2D eigenvalue weighted by molar-refractivity contribution is 6.05. The van der Waals surface area contributed by atoms with Crippen LogP contribution >= 0.6 is 0 Å². The maximum Gasteiger partial charge on any atom is 0.269 e. The van der Waals surface area contributed by atoms with Gasteiger partial charge in [-0.25, -0.2) is 4.39 Å². The number of fused-ring (bicyclic) bond motifs is 1. The fourth-order valence-corrected chi connectivity index (χ4v) is 4.53. The lowest BCUT2D eigenvalue weighted by atomic mass is 9.90. The smallest absolute Gasteiger partial charge is 0.269 e. The second-order valence-corrected chi connectivity index (χ2v) is 9.17. The standard InChI is InChI=1S/C27H30FN3O2/c1-15-10-17(3)20(11-16(15)2)22-12-21(19-8-7-9-31(14-19)18(4)32)25(28)26-23(22)13-24(29-26)27(33)30(5)6/h8,10-13,29H,7,9,14H2,1-6H3. The van der Waals surface area contributed by atoms with Gasteiger partial charge in [0.05, 0.1) is 5.52 Å². The number of hydrogen-bond donors (Lipinski definition) is 1. The van der Waals surface area contributed by atoms with Crippen LogP contribution in [0.1, 0.15) is 46.1 Å². The van der Waals surface area contributed by atoms with E-state index in [9.17, 15) is 9.59 Å². The van der Waals surface area contributed by atoms with Gasteiger partial charge in [-0.15, -0.1) is 0 Å². The summed E-state index contributed by atoms with van der Waals surface area (Å²) in [6.07, 6.45) is 2.69. The minimum Gasteiger partial charge on any atom is -0.348 e. The minimum absolute atomic E-state index is 0.0222. The van der Waals surface area contributed by atoms with Crippen molar-refractivity contribution in [1.82, 2.24) is 14.8 Å². The molecule has 0 aliphatic carbocycles. The van der Waals surface area contributed by atoms with Crippen LogP contribution in [0.25, 0.3) is 27.6 Å². The Bertz CT molecular complexity index is 1320. The number of benzene rings is 2. The lowest BCUT2D eigenvalue weighted by Gasteiger charge is -2.27. The summed E-state index contributed by atoms with van der Waals surface area (Å²) < 4.78 is 15.9. The topological polar surface area (TPSA) is 56.4 Å². The third-order valence-corrected chi connectivity index (χ3v) is 6.56. The highest BCUT2D eigenvalue weighted by Crippen LogP contribution is 2.38. The zero-order valence-corrected chi connectivity index (χ0v) is 20.1. The van der Waals surface area contributed by atoms with Crippen LogP contribution in [0, 0.1) is 26.6 Å². The Morgan fingerprint density at radius 3 is 2.33 bits per heavy atom. The highest BCUT2D eigenvalue weighted by atomic mass is 19.1. The molecular formula is C27H30FN3O2. The summed E-state index contributed by atoms with van der Waals surface area (Å²) in [5.41, 5.74) is 7.21. The van der Waals surface area contributed by atoms with E-state index in [4.69, 9.17) is 0 Å². The molecule has 33 heavy (non-hydrogen) atoms. The Morgan fingerprint density at radius 1 is 0.970 bits per heavy atom. The number of nitrogens with one attached hydrogen (secondary N) is 1. The summed E-state index contributed by atoms with van der Waals surface area (Å²) in [4.78, 5) is 30.9. The molecule has 2 heterocycles. The number of aryl methyl sites for hydroxylation is 3. The molecule has 0 saturated carbocycles. The van der Waals surface area contributed by atoms with Crippen molar-refractivity contribution in [2.45, 2.75) is 34.1 Å². The van der Waals surface area contributed by atoms with E-state index in [1.807, 2.05) is 19.1 Å². The third-order valence-electron chi connectivity index (χ3n) is 6.56. The summed E-state index contributed by atoms with van der Waals surface area (Å²) in [6, 6.07) is 7.88. The molecule has 1 aromatic heterocycles. The van der Waals surface area contributed by atoms with E-state index in [0.29, 0.717) is 41.7 Å². The van der Waals surface area contributed by atoms with E-state index in [1.165, 1.54) is 17.4 Å². The molecule has 3 aromatic rings. The quantitative estimate of drug-likeness (QED) is 0.597. The van der Waals surface area contributed by atoms with Gasteiger partial charge in [0.25, 0.3) is 5.91 Å². The number of rotatable bonds is 3. The number of carbonyl (C=O) groups is 2. The predicted octanol–water partition coefficient (Wildman–Crippen LogP) is 5.24. The number of nitrogens with zero attached hydrogens (tertiary/aromatic N) is 2. The van der Waals surface area contributed by atoms with Crippen molar-refractivity contribution in [3.05, 3.63) is 64.1 Å². The lowest BCUT2D eigenvalue weighted by molar-refractivity contribution is -0.128. The van der Waals surface area contributed by atoms with Crippen LogP contribution in [0.15, 0.2) is 30.3 Å². The number of H-pyrrole nitrogens is 1. The number of aromatic nitrogens is 1. The zero-order valence-electron chi connectivity index (χ0n) is 20.1. The van der Waals surface area contributed by atoms with Crippen LogP contribution in [0.5, 0.6) is 0 Å². The van der Waals surface area contributed by atoms with Crippen molar-refractivity contribution in [2.75, 3.05) is 27.2 Å². The average molecular weight is 448 g/mol. The number of aromatic amines is 1. The van der Waals surface area contributed by atoms with E-state index in [1.54, 1.807) is 25.1 Å². The third kappa shape index (κ3) is 4.06. The molecule has 0 unspecified atom stereocenters. The summed E-state index contributed by atoms with van der Waals surface area (Å²) >= 11 is 0. The van der Waals surface area contributed by atoms with Gasteiger partial charge < -0.3 is 14.8 Å². The Morgan fingerprint density at radius 2 is 1.67 bits per heavy atom. The van der Waals surface area contributed by atoms with Crippen molar-refractivity contribution >= 4 is 28.3 Å². The maximum absolute atomic E-state index is 15.9. The number of carbonyl (C=O) groups excluding carboxylic acids is 2. The van der Waals surface area contributed by atoms with Gasteiger partial charge in [-0.1, -0.05) is 18.2 Å². The van der Waals surface area contributed by atoms with Gasteiger partial charge in [-0.3, -0.25) is 9.59 Å². The van der Waals surface area contributed by atoms with E-state index < -0.39 is 5.82 Å². The first kappa shape index (κ1) is 22.8.